The summed E-state index contributed by atoms with van der Waals surface area (Å²) in [4.78, 5) is 10.1. The van der Waals surface area contributed by atoms with Crippen LogP contribution in [-0.2, 0) is 4.79 Å². The van der Waals surface area contributed by atoms with E-state index in [1.165, 1.54) is 51.4 Å². The maximum Gasteiger partial charge on any atom is 0.381 e. The van der Waals surface area contributed by atoms with E-state index < -0.39 is 5.97 Å². The second-order valence-electron chi connectivity index (χ2n) is 5.04. The molecule has 0 spiro atoms. The van der Waals surface area contributed by atoms with Crippen molar-refractivity contribution in [2.75, 3.05) is 0 Å². The minimum Gasteiger partial charge on any atom is -0.472 e. The summed E-state index contributed by atoms with van der Waals surface area (Å²) in [5.74, 6) is 9.97. The molecule has 0 amide bonds. The zero-order chi connectivity index (χ0) is 14.9. The lowest BCUT2D eigenvalue weighted by Gasteiger charge is -1.99. The van der Waals surface area contributed by atoms with Crippen LogP contribution in [0.4, 0.5) is 0 Å². The maximum atomic E-state index is 10.1. The summed E-state index contributed by atoms with van der Waals surface area (Å²) in [7, 11) is 0. The molecular formula is C18H28O2. The van der Waals surface area contributed by atoms with Crippen molar-refractivity contribution in [2.24, 2.45) is 0 Å². The number of rotatable bonds is 10. The molecule has 0 rings (SSSR count). The number of aliphatic carboxylic acids is 1. The molecule has 0 aromatic heterocycles. The number of carboxylic acid groups (broad SMARTS) is 1. The molecule has 0 fully saturated rings. The van der Waals surface area contributed by atoms with Gasteiger partial charge in [0.1, 0.15) is 0 Å². The van der Waals surface area contributed by atoms with E-state index in [1.54, 1.807) is 0 Å². The zero-order valence-electron chi connectivity index (χ0n) is 12.8. The number of carbonyl (C=O) groups is 1. The van der Waals surface area contributed by atoms with E-state index in [-0.39, 0.29) is 0 Å². The predicted octanol–water partition coefficient (Wildman–Crippen LogP) is 4.78. The van der Waals surface area contributed by atoms with Crippen LogP contribution in [0.2, 0.25) is 0 Å². The lowest BCUT2D eigenvalue weighted by molar-refractivity contribution is -0.130. The highest BCUT2D eigenvalue weighted by Crippen LogP contribution is 2.09. The molecule has 0 heterocycles. The molecule has 2 nitrogen and oxygen atoms in total. The topological polar surface area (TPSA) is 37.3 Å². The van der Waals surface area contributed by atoms with Crippen LogP contribution in [-0.4, -0.2) is 11.1 Å². The smallest absolute Gasteiger partial charge is 0.381 e. The lowest BCUT2D eigenvalue weighted by Crippen LogP contribution is -1.86. The second kappa shape index (κ2) is 15.6. The molecule has 0 aliphatic carbocycles. The molecule has 0 atom stereocenters. The van der Waals surface area contributed by atoms with Gasteiger partial charge in [-0.25, -0.2) is 4.79 Å². The standard InChI is InChI=1S/C18H28O2/c1-2-3-4-5-6-7-8-9-10-11-12-13-14-15-16-17-18(19)20/h2-10,13-15H2,1H3,(H,19,20). The molecule has 2 heteroatoms. The largest absolute Gasteiger partial charge is 0.472 e. The Kier molecular flexibility index (Phi) is 14.5. The highest BCUT2D eigenvalue weighted by molar-refractivity contribution is 5.86. The Morgan fingerprint density at radius 2 is 1.25 bits per heavy atom. The van der Waals surface area contributed by atoms with Crippen LogP contribution in [0.5, 0.6) is 0 Å². The van der Waals surface area contributed by atoms with Crippen molar-refractivity contribution in [1.29, 1.82) is 0 Å². The van der Waals surface area contributed by atoms with Crippen LogP contribution >= 0.6 is 0 Å². The Balaban J connectivity index is 3.22. The van der Waals surface area contributed by atoms with Gasteiger partial charge in [-0.15, -0.1) is 11.8 Å². The van der Waals surface area contributed by atoms with Crippen molar-refractivity contribution in [3.63, 3.8) is 0 Å². The Hall–Kier alpha value is -1.41. The van der Waals surface area contributed by atoms with Gasteiger partial charge in [-0.1, -0.05) is 57.8 Å². The SMILES string of the molecule is CCCCCCCCCCC#CCCCC#CC(=O)O. The van der Waals surface area contributed by atoms with Crippen LogP contribution < -0.4 is 0 Å². The molecule has 0 saturated carbocycles. The summed E-state index contributed by atoms with van der Waals surface area (Å²) in [5, 5.41) is 8.32. The molecule has 0 bridgehead atoms. The van der Waals surface area contributed by atoms with Crippen molar-refractivity contribution < 1.29 is 9.90 Å². The molecule has 0 aromatic carbocycles. The Morgan fingerprint density at radius 1 is 0.750 bits per heavy atom. The molecule has 0 aromatic rings. The van der Waals surface area contributed by atoms with Crippen molar-refractivity contribution in [3.05, 3.63) is 0 Å². The van der Waals surface area contributed by atoms with Crippen LogP contribution in [0.25, 0.3) is 0 Å². The Bertz CT molecular complexity index is 349. The zero-order valence-corrected chi connectivity index (χ0v) is 12.8. The van der Waals surface area contributed by atoms with Crippen LogP contribution in [0.15, 0.2) is 0 Å². The first-order valence-electron chi connectivity index (χ1n) is 7.95. The minimum absolute atomic E-state index is 0.624. The number of unbranched alkanes of at least 4 members (excludes halogenated alkanes) is 10. The lowest BCUT2D eigenvalue weighted by atomic mass is 10.1. The van der Waals surface area contributed by atoms with E-state index >= 15 is 0 Å². The molecule has 112 valence electrons. The van der Waals surface area contributed by atoms with Gasteiger partial charge in [0.25, 0.3) is 0 Å². The van der Waals surface area contributed by atoms with Gasteiger partial charge in [0.15, 0.2) is 0 Å². The average Bonchev–Trinajstić information content (AvgIpc) is 2.43. The normalized spacial score (nSPS) is 9.25. The minimum atomic E-state index is -1.05. The number of hydrogen-bond acceptors (Lipinski definition) is 1. The quantitative estimate of drug-likeness (QED) is 0.460. The molecule has 0 radical (unpaired) electrons. The van der Waals surface area contributed by atoms with Crippen LogP contribution in [0.1, 0.15) is 84.0 Å². The first kappa shape index (κ1) is 18.6. The molecule has 0 aliphatic heterocycles. The monoisotopic (exact) mass is 276 g/mol. The number of carboxylic acids is 1. The summed E-state index contributed by atoms with van der Waals surface area (Å²) in [6.07, 6.45) is 14.0. The summed E-state index contributed by atoms with van der Waals surface area (Å²) in [6.45, 7) is 2.25. The van der Waals surface area contributed by atoms with Gasteiger partial charge in [0.2, 0.25) is 0 Å². The fourth-order valence-electron chi connectivity index (χ4n) is 1.93. The summed E-state index contributed by atoms with van der Waals surface area (Å²) in [5.41, 5.74) is 0. The molecular weight excluding hydrogens is 248 g/mol. The van der Waals surface area contributed by atoms with Gasteiger partial charge >= 0.3 is 5.97 Å². The molecule has 0 aliphatic rings. The van der Waals surface area contributed by atoms with Gasteiger partial charge in [-0.3, -0.25) is 0 Å². The Morgan fingerprint density at radius 3 is 1.85 bits per heavy atom. The van der Waals surface area contributed by atoms with Gasteiger partial charge < -0.3 is 5.11 Å². The maximum absolute atomic E-state index is 10.1. The molecule has 1 N–H and O–H groups in total. The Labute approximate surface area is 124 Å². The average molecular weight is 276 g/mol. The molecule has 20 heavy (non-hydrogen) atoms. The van der Waals surface area contributed by atoms with Crippen molar-refractivity contribution in [2.45, 2.75) is 84.0 Å². The summed E-state index contributed by atoms with van der Waals surface area (Å²) in [6, 6.07) is 0. The van der Waals surface area contributed by atoms with Crippen LogP contribution in [0.3, 0.4) is 0 Å². The predicted molar refractivity (Wildman–Crippen MR) is 84.3 cm³/mol. The third-order valence-corrected chi connectivity index (χ3v) is 3.08. The third-order valence-electron chi connectivity index (χ3n) is 3.08. The van der Waals surface area contributed by atoms with Crippen molar-refractivity contribution >= 4 is 5.97 Å². The first-order chi connectivity index (χ1) is 9.77. The van der Waals surface area contributed by atoms with Crippen molar-refractivity contribution in [1.82, 2.24) is 0 Å². The van der Waals surface area contributed by atoms with E-state index in [0.717, 1.165) is 19.3 Å². The fraction of sp³-hybridized carbons (Fsp3) is 0.722. The third kappa shape index (κ3) is 16.6. The van der Waals surface area contributed by atoms with Gasteiger partial charge in [-0.05, 0) is 12.8 Å². The van der Waals surface area contributed by atoms with Gasteiger partial charge in [-0.2, -0.15) is 0 Å². The van der Waals surface area contributed by atoms with E-state index in [1.807, 2.05) is 0 Å². The summed E-state index contributed by atoms with van der Waals surface area (Å²) < 4.78 is 0. The first-order valence-corrected chi connectivity index (χ1v) is 7.95. The fourth-order valence-corrected chi connectivity index (χ4v) is 1.93. The highest BCUT2D eigenvalue weighted by atomic mass is 16.4. The van der Waals surface area contributed by atoms with Gasteiger partial charge in [0.05, 0.1) is 0 Å². The number of hydrogen-bond donors (Lipinski definition) is 1. The van der Waals surface area contributed by atoms with E-state index in [0.29, 0.717) is 6.42 Å². The van der Waals surface area contributed by atoms with Gasteiger partial charge in [0, 0.05) is 25.2 Å². The van der Waals surface area contributed by atoms with E-state index in [9.17, 15) is 4.79 Å². The highest BCUT2D eigenvalue weighted by Gasteiger charge is 1.90. The summed E-state index contributed by atoms with van der Waals surface area (Å²) >= 11 is 0. The van der Waals surface area contributed by atoms with E-state index in [2.05, 4.69) is 30.6 Å². The van der Waals surface area contributed by atoms with Crippen molar-refractivity contribution in [3.8, 4) is 23.7 Å². The van der Waals surface area contributed by atoms with E-state index in [4.69, 9.17) is 5.11 Å². The molecule has 0 saturated heterocycles. The van der Waals surface area contributed by atoms with Crippen LogP contribution in [0, 0.1) is 23.7 Å². The second-order valence-corrected chi connectivity index (χ2v) is 5.04. The molecule has 0 unspecified atom stereocenters.